The molecule has 0 atom stereocenters. The van der Waals surface area contributed by atoms with Crippen molar-refractivity contribution < 1.29 is 14.3 Å². The van der Waals surface area contributed by atoms with E-state index in [-0.39, 0.29) is 6.10 Å². The maximum Gasteiger partial charge on any atom is 0.230 e. The fraction of sp³-hybridized carbons (Fsp3) is 0.556. The highest BCUT2D eigenvalue weighted by atomic mass is 16.5. The Bertz CT molecular complexity index is 650. The first kappa shape index (κ1) is 16.9. The maximum atomic E-state index is 9.78. The van der Waals surface area contributed by atoms with Crippen LogP contribution in [0.3, 0.4) is 0 Å². The molecule has 0 spiro atoms. The molecule has 1 aliphatic carbocycles. The fourth-order valence-corrected chi connectivity index (χ4v) is 3.32. The smallest absolute Gasteiger partial charge is 0.230 e. The second-order valence-corrected chi connectivity index (χ2v) is 6.43. The predicted octanol–water partition coefficient (Wildman–Crippen LogP) is 2.69. The number of aliphatic hydroxyl groups excluding tert-OH is 1. The normalized spacial score (nSPS) is 21.2. The van der Waals surface area contributed by atoms with Gasteiger partial charge in [-0.1, -0.05) is 12.1 Å². The lowest BCUT2D eigenvalue weighted by Gasteiger charge is -2.35. The minimum Gasteiger partial charge on any atom is -0.497 e. The highest BCUT2D eigenvalue weighted by Gasteiger charge is 2.26. The number of hydrogen-bond donors (Lipinski definition) is 1. The molecule has 3 rings (SSSR count). The molecule has 1 fully saturated rings. The second-order valence-electron chi connectivity index (χ2n) is 6.43. The van der Waals surface area contributed by atoms with Crippen LogP contribution in [0.15, 0.2) is 28.7 Å². The van der Waals surface area contributed by atoms with E-state index in [1.54, 1.807) is 14.0 Å². The summed E-state index contributed by atoms with van der Waals surface area (Å²) < 4.78 is 10.9. The van der Waals surface area contributed by atoms with Crippen molar-refractivity contribution in [1.82, 2.24) is 15.1 Å². The molecule has 2 aromatic rings. The van der Waals surface area contributed by atoms with Crippen molar-refractivity contribution in [2.75, 3.05) is 7.11 Å². The number of ether oxygens (including phenoxy) is 1. The highest BCUT2D eigenvalue weighted by Crippen LogP contribution is 2.26. The number of rotatable bonds is 6. The van der Waals surface area contributed by atoms with Crippen molar-refractivity contribution in [3.8, 4) is 5.75 Å². The monoisotopic (exact) mass is 331 g/mol. The van der Waals surface area contributed by atoms with Gasteiger partial charge in [0.2, 0.25) is 11.8 Å². The third-order valence-corrected chi connectivity index (χ3v) is 4.61. The van der Waals surface area contributed by atoms with E-state index in [2.05, 4.69) is 27.2 Å². The van der Waals surface area contributed by atoms with E-state index in [1.165, 1.54) is 5.56 Å². The first-order valence-electron chi connectivity index (χ1n) is 8.48. The molecular weight excluding hydrogens is 306 g/mol. The van der Waals surface area contributed by atoms with E-state index < -0.39 is 0 Å². The average molecular weight is 331 g/mol. The van der Waals surface area contributed by atoms with E-state index in [1.807, 2.05) is 12.1 Å². The van der Waals surface area contributed by atoms with Crippen LogP contribution in [-0.2, 0) is 13.1 Å². The first-order valence-corrected chi connectivity index (χ1v) is 8.48. The second kappa shape index (κ2) is 7.77. The Hall–Kier alpha value is -1.92. The predicted molar refractivity (Wildman–Crippen MR) is 89.5 cm³/mol. The van der Waals surface area contributed by atoms with Crippen LogP contribution in [0.5, 0.6) is 5.75 Å². The van der Waals surface area contributed by atoms with Gasteiger partial charge < -0.3 is 14.3 Å². The zero-order valence-electron chi connectivity index (χ0n) is 14.3. The largest absolute Gasteiger partial charge is 0.497 e. The Labute approximate surface area is 142 Å². The summed E-state index contributed by atoms with van der Waals surface area (Å²) in [4.78, 5) is 2.37. The standard InChI is InChI=1S/C18H25N3O3/c1-13-19-20-18(24-13)12-21(15-6-8-16(22)9-7-15)11-14-4-3-5-17(10-14)23-2/h3-5,10,15-16,22H,6-9,11-12H2,1-2H3. The van der Waals surface area contributed by atoms with Crippen LogP contribution < -0.4 is 4.74 Å². The summed E-state index contributed by atoms with van der Waals surface area (Å²) in [5, 5.41) is 17.9. The van der Waals surface area contributed by atoms with E-state index in [4.69, 9.17) is 9.15 Å². The van der Waals surface area contributed by atoms with Gasteiger partial charge in [0.05, 0.1) is 19.8 Å². The average Bonchev–Trinajstić information content (AvgIpc) is 3.00. The summed E-state index contributed by atoms with van der Waals surface area (Å²) in [7, 11) is 1.68. The zero-order valence-corrected chi connectivity index (χ0v) is 14.3. The van der Waals surface area contributed by atoms with Crippen LogP contribution in [0, 0.1) is 6.92 Å². The van der Waals surface area contributed by atoms with Crippen LogP contribution in [0.25, 0.3) is 0 Å². The van der Waals surface area contributed by atoms with Gasteiger partial charge in [-0.25, -0.2) is 0 Å². The topological polar surface area (TPSA) is 71.6 Å². The highest BCUT2D eigenvalue weighted by molar-refractivity contribution is 5.28. The quantitative estimate of drug-likeness (QED) is 0.877. The summed E-state index contributed by atoms with van der Waals surface area (Å²) in [6.07, 6.45) is 3.51. The number of aliphatic hydroxyl groups is 1. The number of aryl methyl sites for hydroxylation is 1. The van der Waals surface area contributed by atoms with Gasteiger partial charge in [-0.15, -0.1) is 10.2 Å². The maximum absolute atomic E-state index is 9.78. The number of aromatic nitrogens is 2. The Morgan fingerprint density at radius 2 is 2.00 bits per heavy atom. The summed E-state index contributed by atoms with van der Waals surface area (Å²) in [6.45, 7) is 3.22. The Balaban J connectivity index is 1.75. The molecule has 1 aromatic carbocycles. The van der Waals surface area contributed by atoms with Crippen molar-refractivity contribution in [3.63, 3.8) is 0 Å². The number of hydrogen-bond acceptors (Lipinski definition) is 6. The molecule has 1 N–H and O–H groups in total. The van der Waals surface area contributed by atoms with Gasteiger partial charge in [0.1, 0.15) is 5.75 Å². The van der Waals surface area contributed by atoms with Crippen LogP contribution in [0.2, 0.25) is 0 Å². The van der Waals surface area contributed by atoms with Crippen molar-refractivity contribution in [2.24, 2.45) is 0 Å². The summed E-state index contributed by atoms with van der Waals surface area (Å²) in [5.74, 6) is 2.09. The van der Waals surface area contributed by atoms with Crippen LogP contribution in [0.1, 0.15) is 43.0 Å². The van der Waals surface area contributed by atoms with Gasteiger partial charge in [-0.2, -0.15) is 0 Å². The lowest BCUT2D eigenvalue weighted by Crippen LogP contribution is -2.38. The third-order valence-electron chi connectivity index (χ3n) is 4.61. The van der Waals surface area contributed by atoms with E-state index in [0.717, 1.165) is 38.0 Å². The summed E-state index contributed by atoms with van der Waals surface area (Å²) >= 11 is 0. The molecule has 1 saturated carbocycles. The van der Waals surface area contributed by atoms with Crippen molar-refractivity contribution in [1.29, 1.82) is 0 Å². The molecule has 0 amide bonds. The molecule has 0 bridgehead atoms. The lowest BCUT2D eigenvalue weighted by molar-refractivity contribution is 0.0623. The van der Waals surface area contributed by atoms with Gasteiger partial charge in [0.15, 0.2) is 0 Å². The zero-order chi connectivity index (χ0) is 16.9. The molecular formula is C18H25N3O3. The minimum atomic E-state index is -0.162. The Kier molecular flexibility index (Phi) is 5.48. The van der Waals surface area contributed by atoms with Crippen molar-refractivity contribution in [3.05, 3.63) is 41.6 Å². The first-order chi connectivity index (χ1) is 11.6. The molecule has 0 radical (unpaired) electrons. The van der Waals surface area contributed by atoms with Gasteiger partial charge in [0, 0.05) is 19.5 Å². The lowest BCUT2D eigenvalue weighted by atomic mass is 9.91. The number of benzene rings is 1. The molecule has 6 heteroatoms. The van der Waals surface area contributed by atoms with Crippen molar-refractivity contribution >= 4 is 0 Å². The molecule has 1 aromatic heterocycles. The van der Waals surface area contributed by atoms with Crippen LogP contribution in [0.4, 0.5) is 0 Å². The van der Waals surface area contributed by atoms with E-state index >= 15 is 0 Å². The summed E-state index contributed by atoms with van der Waals surface area (Å²) in [6, 6.07) is 8.53. The van der Waals surface area contributed by atoms with Gasteiger partial charge >= 0.3 is 0 Å². The molecule has 0 saturated heterocycles. The Morgan fingerprint density at radius 1 is 1.21 bits per heavy atom. The molecule has 1 aliphatic rings. The molecule has 24 heavy (non-hydrogen) atoms. The number of nitrogens with zero attached hydrogens (tertiary/aromatic N) is 3. The molecule has 0 aliphatic heterocycles. The SMILES string of the molecule is COc1cccc(CN(Cc2nnc(C)o2)C2CCC(O)CC2)c1. The minimum absolute atomic E-state index is 0.162. The molecule has 0 unspecified atom stereocenters. The molecule has 6 nitrogen and oxygen atoms in total. The Morgan fingerprint density at radius 3 is 2.67 bits per heavy atom. The molecule has 130 valence electrons. The van der Waals surface area contributed by atoms with E-state index in [9.17, 15) is 5.11 Å². The molecule has 1 heterocycles. The van der Waals surface area contributed by atoms with Gasteiger partial charge in [-0.3, -0.25) is 4.90 Å². The van der Waals surface area contributed by atoms with Crippen molar-refractivity contribution in [2.45, 2.75) is 57.8 Å². The van der Waals surface area contributed by atoms with Crippen LogP contribution >= 0.6 is 0 Å². The third kappa shape index (κ3) is 4.33. The summed E-state index contributed by atoms with van der Waals surface area (Å²) in [5.41, 5.74) is 1.19. The van der Waals surface area contributed by atoms with Gasteiger partial charge in [0.25, 0.3) is 0 Å². The number of methoxy groups -OCH3 is 1. The van der Waals surface area contributed by atoms with Gasteiger partial charge in [-0.05, 0) is 43.4 Å². The van der Waals surface area contributed by atoms with E-state index in [0.29, 0.717) is 24.4 Å². The fourth-order valence-electron chi connectivity index (χ4n) is 3.32. The van der Waals surface area contributed by atoms with Crippen LogP contribution in [-0.4, -0.2) is 39.5 Å².